The average Bonchev–Trinajstić information content (AvgIpc) is 3.02. The first-order chi connectivity index (χ1) is 7.16. The highest BCUT2D eigenvalue weighted by molar-refractivity contribution is 6.30. The first-order valence-electron chi connectivity index (χ1n) is 4.79. The van der Waals surface area contributed by atoms with Crippen molar-refractivity contribution in [3.63, 3.8) is 0 Å². The van der Waals surface area contributed by atoms with E-state index in [1.165, 1.54) is 12.1 Å². The van der Waals surface area contributed by atoms with Crippen LogP contribution in [0.15, 0.2) is 18.2 Å². The van der Waals surface area contributed by atoms with E-state index in [9.17, 15) is 9.18 Å². The summed E-state index contributed by atoms with van der Waals surface area (Å²) < 4.78 is 18.2. The Hall–Kier alpha value is -1.09. The van der Waals surface area contributed by atoms with Gasteiger partial charge in [-0.3, -0.25) is 0 Å². The predicted molar refractivity (Wildman–Crippen MR) is 54.4 cm³/mol. The Morgan fingerprint density at radius 1 is 1.53 bits per heavy atom. The van der Waals surface area contributed by atoms with Crippen molar-refractivity contribution >= 4 is 17.6 Å². The van der Waals surface area contributed by atoms with E-state index in [2.05, 4.69) is 0 Å². The summed E-state index contributed by atoms with van der Waals surface area (Å²) in [6.07, 6.45) is 2.18. The van der Waals surface area contributed by atoms with Crippen LogP contribution in [0.3, 0.4) is 0 Å². The number of hydrogen-bond acceptors (Lipinski definition) is 2. The Balaban J connectivity index is 2.05. The molecule has 0 aliphatic heterocycles. The van der Waals surface area contributed by atoms with E-state index in [1.54, 1.807) is 0 Å². The molecule has 80 valence electrons. The van der Waals surface area contributed by atoms with Gasteiger partial charge in [-0.2, -0.15) is 0 Å². The molecule has 0 saturated heterocycles. The zero-order valence-electron chi connectivity index (χ0n) is 8.00. The van der Waals surface area contributed by atoms with Crippen LogP contribution in [0.4, 0.5) is 4.39 Å². The highest BCUT2D eigenvalue weighted by Gasteiger charge is 2.24. The summed E-state index contributed by atoms with van der Waals surface area (Å²) in [4.78, 5) is 11.4. The van der Waals surface area contributed by atoms with Gasteiger partial charge in [0.25, 0.3) is 0 Å². The van der Waals surface area contributed by atoms with Gasteiger partial charge in [-0.15, -0.1) is 0 Å². The zero-order valence-corrected chi connectivity index (χ0v) is 8.76. The first-order valence-corrected chi connectivity index (χ1v) is 5.17. The van der Waals surface area contributed by atoms with E-state index in [1.807, 2.05) is 0 Å². The fourth-order valence-electron chi connectivity index (χ4n) is 1.21. The molecule has 0 aromatic heterocycles. The summed E-state index contributed by atoms with van der Waals surface area (Å²) in [5, 5.41) is 0.328. The van der Waals surface area contributed by atoms with Crippen LogP contribution in [-0.4, -0.2) is 12.6 Å². The number of carbonyl (C=O) groups excluding carboxylic acids is 1. The molecule has 1 saturated carbocycles. The summed E-state index contributed by atoms with van der Waals surface area (Å²) in [7, 11) is 0. The maximum absolute atomic E-state index is 13.2. The third-order valence-corrected chi connectivity index (χ3v) is 2.53. The molecule has 0 heterocycles. The molecule has 0 radical (unpaired) electrons. The van der Waals surface area contributed by atoms with Crippen LogP contribution in [0.2, 0.25) is 5.02 Å². The van der Waals surface area contributed by atoms with E-state index < -0.39 is 11.8 Å². The van der Waals surface area contributed by atoms with Gasteiger partial charge in [-0.25, -0.2) is 9.18 Å². The SMILES string of the molecule is O=C(OCC1CC1)c1cc(Cl)ccc1F. The zero-order chi connectivity index (χ0) is 10.8. The number of rotatable bonds is 3. The van der Waals surface area contributed by atoms with Gasteiger partial charge >= 0.3 is 5.97 Å². The van der Waals surface area contributed by atoms with Crippen molar-refractivity contribution in [3.8, 4) is 0 Å². The van der Waals surface area contributed by atoms with E-state index in [-0.39, 0.29) is 5.56 Å². The molecule has 0 bridgehead atoms. The number of carbonyl (C=O) groups is 1. The van der Waals surface area contributed by atoms with Gasteiger partial charge in [-0.05, 0) is 37.0 Å². The lowest BCUT2D eigenvalue weighted by Crippen LogP contribution is -2.09. The second-order valence-corrected chi connectivity index (χ2v) is 4.10. The predicted octanol–water partition coefficient (Wildman–Crippen LogP) is 3.05. The highest BCUT2D eigenvalue weighted by Crippen LogP contribution is 2.29. The maximum Gasteiger partial charge on any atom is 0.341 e. The quantitative estimate of drug-likeness (QED) is 0.744. The molecule has 1 aromatic rings. The topological polar surface area (TPSA) is 26.3 Å². The van der Waals surface area contributed by atoms with Crippen LogP contribution in [0.25, 0.3) is 0 Å². The van der Waals surface area contributed by atoms with Gasteiger partial charge in [0.15, 0.2) is 0 Å². The number of halogens is 2. The van der Waals surface area contributed by atoms with E-state index in [0.717, 1.165) is 18.9 Å². The van der Waals surface area contributed by atoms with Gasteiger partial charge in [0.05, 0.1) is 12.2 Å². The van der Waals surface area contributed by atoms with Crippen LogP contribution in [0.1, 0.15) is 23.2 Å². The van der Waals surface area contributed by atoms with Crippen molar-refractivity contribution in [1.29, 1.82) is 0 Å². The summed E-state index contributed by atoms with van der Waals surface area (Å²) in [6, 6.07) is 3.84. The van der Waals surface area contributed by atoms with Crippen LogP contribution < -0.4 is 0 Å². The minimum atomic E-state index is -0.637. The van der Waals surface area contributed by atoms with Gasteiger partial charge in [-0.1, -0.05) is 11.6 Å². The third kappa shape index (κ3) is 2.69. The minimum Gasteiger partial charge on any atom is -0.462 e. The Bertz CT molecular complexity index is 388. The molecule has 1 aromatic carbocycles. The molecule has 15 heavy (non-hydrogen) atoms. The minimum absolute atomic E-state index is 0.0943. The molecular formula is C11H10ClFO2. The van der Waals surface area contributed by atoms with Crippen LogP contribution in [0, 0.1) is 11.7 Å². The Morgan fingerprint density at radius 3 is 2.93 bits per heavy atom. The first kappa shape index (κ1) is 10.4. The fourth-order valence-corrected chi connectivity index (χ4v) is 1.38. The molecule has 0 atom stereocenters. The van der Waals surface area contributed by atoms with Crippen molar-refractivity contribution in [3.05, 3.63) is 34.6 Å². The summed E-state index contributed by atoms with van der Waals surface area (Å²) in [5.74, 6) is -0.765. The lowest BCUT2D eigenvalue weighted by atomic mass is 10.2. The molecule has 1 aliphatic carbocycles. The fraction of sp³-hybridized carbons (Fsp3) is 0.364. The van der Waals surface area contributed by atoms with E-state index >= 15 is 0 Å². The van der Waals surface area contributed by atoms with Crippen molar-refractivity contribution in [2.24, 2.45) is 5.92 Å². The molecule has 2 rings (SSSR count). The third-order valence-electron chi connectivity index (χ3n) is 2.30. The number of benzene rings is 1. The van der Waals surface area contributed by atoms with Crippen molar-refractivity contribution in [1.82, 2.24) is 0 Å². The summed E-state index contributed by atoms with van der Waals surface area (Å²) in [6.45, 7) is 0.380. The smallest absolute Gasteiger partial charge is 0.341 e. The number of esters is 1. The second kappa shape index (κ2) is 4.19. The lowest BCUT2D eigenvalue weighted by Gasteiger charge is -2.04. The molecule has 0 amide bonds. The van der Waals surface area contributed by atoms with E-state index in [0.29, 0.717) is 17.5 Å². The Labute approximate surface area is 92.0 Å². The standard InChI is InChI=1S/C11H10ClFO2/c12-8-3-4-10(13)9(5-8)11(14)15-6-7-1-2-7/h3-5,7H,1-2,6H2. The molecule has 1 aliphatic rings. The maximum atomic E-state index is 13.2. The largest absolute Gasteiger partial charge is 0.462 e. The van der Waals surface area contributed by atoms with Crippen molar-refractivity contribution in [2.75, 3.05) is 6.61 Å². The Morgan fingerprint density at radius 2 is 2.27 bits per heavy atom. The van der Waals surface area contributed by atoms with Gasteiger partial charge in [0.1, 0.15) is 5.82 Å². The second-order valence-electron chi connectivity index (χ2n) is 3.67. The molecular weight excluding hydrogens is 219 g/mol. The molecule has 1 fully saturated rings. The molecule has 0 spiro atoms. The highest BCUT2D eigenvalue weighted by atomic mass is 35.5. The van der Waals surface area contributed by atoms with Gasteiger partial charge in [0.2, 0.25) is 0 Å². The summed E-state index contributed by atoms with van der Waals surface area (Å²) in [5.41, 5.74) is -0.0943. The van der Waals surface area contributed by atoms with Gasteiger partial charge < -0.3 is 4.74 Å². The van der Waals surface area contributed by atoms with Crippen LogP contribution in [-0.2, 0) is 4.74 Å². The van der Waals surface area contributed by atoms with Gasteiger partial charge in [0, 0.05) is 5.02 Å². The normalized spacial score (nSPS) is 15.1. The van der Waals surface area contributed by atoms with Crippen molar-refractivity contribution in [2.45, 2.75) is 12.8 Å². The lowest BCUT2D eigenvalue weighted by molar-refractivity contribution is 0.0481. The van der Waals surface area contributed by atoms with Crippen molar-refractivity contribution < 1.29 is 13.9 Å². The monoisotopic (exact) mass is 228 g/mol. The molecule has 0 unspecified atom stereocenters. The number of ether oxygens (including phenoxy) is 1. The Kier molecular flexibility index (Phi) is 2.91. The van der Waals surface area contributed by atoms with Crippen LogP contribution in [0.5, 0.6) is 0 Å². The number of hydrogen-bond donors (Lipinski definition) is 0. The molecule has 4 heteroatoms. The van der Waals surface area contributed by atoms with Crippen LogP contribution >= 0.6 is 11.6 Å². The van der Waals surface area contributed by atoms with E-state index in [4.69, 9.17) is 16.3 Å². The molecule has 2 nitrogen and oxygen atoms in total. The molecule has 0 N–H and O–H groups in total. The summed E-state index contributed by atoms with van der Waals surface area (Å²) >= 11 is 5.66. The average molecular weight is 229 g/mol.